The Balaban J connectivity index is 1.52. The highest BCUT2D eigenvalue weighted by Crippen LogP contribution is 2.42. The number of thioether (sulfide) groups is 2. The van der Waals surface area contributed by atoms with Gasteiger partial charge in [-0.2, -0.15) is 4.98 Å². The van der Waals surface area contributed by atoms with E-state index in [1.54, 1.807) is 11.8 Å². The van der Waals surface area contributed by atoms with Gasteiger partial charge in [-0.1, -0.05) is 29.5 Å². The van der Waals surface area contributed by atoms with E-state index < -0.39 is 0 Å². The molecule has 0 saturated heterocycles. The van der Waals surface area contributed by atoms with Gasteiger partial charge in [-0.15, -0.1) is 23.1 Å². The number of hydrogen-bond donors (Lipinski definition) is 0. The quantitative estimate of drug-likeness (QED) is 0.453. The van der Waals surface area contributed by atoms with Gasteiger partial charge in [0.1, 0.15) is 4.83 Å². The first-order valence-electron chi connectivity index (χ1n) is 9.10. The van der Waals surface area contributed by atoms with E-state index in [0.717, 1.165) is 34.9 Å². The Hall–Kier alpha value is -1.24. The van der Waals surface area contributed by atoms with Gasteiger partial charge in [0.2, 0.25) is 0 Å². The summed E-state index contributed by atoms with van der Waals surface area (Å²) in [5, 5.41) is 1.83. The molecule has 3 nitrogen and oxygen atoms in total. The predicted octanol–water partition coefficient (Wildman–Crippen LogP) is 5.08. The number of benzene rings is 1. The average Bonchev–Trinajstić information content (AvgIpc) is 3.22. The number of hydrogen-bond acceptors (Lipinski definition) is 5. The summed E-state index contributed by atoms with van der Waals surface area (Å²) >= 11 is 5.48. The molecule has 1 atom stereocenters. The molecule has 1 aliphatic carbocycles. The molecule has 0 spiro atoms. The fraction of sp³-hybridized carbons (Fsp3) is 0.400. The molecule has 0 amide bonds. The molecule has 0 bridgehead atoms. The van der Waals surface area contributed by atoms with E-state index in [2.05, 4.69) is 40.7 Å². The van der Waals surface area contributed by atoms with Gasteiger partial charge in [0.15, 0.2) is 5.16 Å². The van der Waals surface area contributed by atoms with Crippen LogP contribution in [0.25, 0.3) is 10.2 Å². The molecule has 0 fully saturated rings. The largest absolute Gasteiger partial charge is 0.307 e. The second-order valence-electron chi connectivity index (χ2n) is 7.05. The number of rotatable bonds is 3. The van der Waals surface area contributed by atoms with Crippen LogP contribution in [0.15, 0.2) is 39.1 Å². The van der Waals surface area contributed by atoms with Crippen LogP contribution in [0.1, 0.15) is 34.9 Å². The van der Waals surface area contributed by atoms with Crippen molar-refractivity contribution in [3.05, 3.63) is 50.6 Å². The smallest absolute Gasteiger partial charge is 0.282 e. The first-order chi connectivity index (χ1) is 12.7. The second-order valence-corrected chi connectivity index (χ2v) is 10.2. The van der Waals surface area contributed by atoms with Crippen molar-refractivity contribution in [2.24, 2.45) is 0 Å². The van der Waals surface area contributed by atoms with Crippen molar-refractivity contribution in [1.82, 2.24) is 9.55 Å². The van der Waals surface area contributed by atoms with Crippen molar-refractivity contribution >= 4 is 45.1 Å². The molecule has 3 heterocycles. The highest BCUT2D eigenvalue weighted by molar-refractivity contribution is 8.00. The SMILES string of the molecule is Cc1ccc(SC[C@@H]2CSc3nc(=O)c4c5c(sc4n32)CCCC5)cc1. The van der Waals surface area contributed by atoms with E-state index in [1.807, 2.05) is 23.1 Å². The lowest BCUT2D eigenvalue weighted by molar-refractivity contribution is 0.595. The van der Waals surface area contributed by atoms with Gasteiger partial charge in [-0.05, 0) is 50.3 Å². The molecule has 2 aliphatic rings. The van der Waals surface area contributed by atoms with E-state index in [1.165, 1.54) is 38.6 Å². The van der Waals surface area contributed by atoms with E-state index in [4.69, 9.17) is 0 Å². The third-order valence-corrected chi connectivity index (χ3v) is 8.77. The summed E-state index contributed by atoms with van der Waals surface area (Å²) in [6.07, 6.45) is 4.61. The molecule has 0 N–H and O–H groups in total. The Labute approximate surface area is 165 Å². The second kappa shape index (κ2) is 6.73. The van der Waals surface area contributed by atoms with Crippen molar-refractivity contribution in [3.8, 4) is 0 Å². The topological polar surface area (TPSA) is 34.9 Å². The maximum atomic E-state index is 12.7. The zero-order valence-corrected chi connectivity index (χ0v) is 17.1. The fourth-order valence-electron chi connectivity index (χ4n) is 3.84. The summed E-state index contributed by atoms with van der Waals surface area (Å²) in [5.41, 5.74) is 2.58. The van der Waals surface area contributed by atoms with Crippen LogP contribution >= 0.6 is 34.9 Å². The van der Waals surface area contributed by atoms with E-state index in [9.17, 15) is 4.79 Å². The third-order valence-electron chi connectivity index (χ3n) is 5.22. The normalized spacial score (nSPS) is 18.9. The molecule has 3 aromatic rings. The lowest BCUT2D eigenvalue weighted by Crippen LogP contribution is -2.17. The van der Waals surface area contributed by atoms with Crippen LogP contribution in [0.5, 0.6) is 0 Å². The van der Waals surface area contributed by atoms with Crippen molar-refractivity contribution in [3.63, 3.8) is 0 Å². The predicted molar refractivity (Wildman–Crippen MR) is 112 cm³/mol. The number of aromatic nitrogens is 2. The highest BCUT2D eigenvalue weighted by atomic mass is 32.2. The van der Waals surface area contributed by atoms with E-state index >= 15 is 0 Å². The molecule has 6 heteroatoms. The van der Waals surface area contributed by atoms with Gasteiger partial charge in [-0.3, -0.25) is 4.79 Å². The summed E-state index contributed by atoms with van der Waals surface area (Å²) in [6, 6.07) is 9.14. The standard InChI is InChI=1S/C20H20N2OS3/c1-12-6-8-14(9-7-12)24-10-13-11-25-20-21-18(23)17-15-4-2-3-5-16(15)26-19(17)22(13)20/h6-9,13H,2-5,10-11H2,1H3/t13-/m1/s1. The Bertz CT molecular complexity index is 1040. The number of nitrogens with zero attached hydrogens (tertiary/aromatic N) is 2. The van der Waals surface area contributed by atoms with Crippen LogP contribution in [0.4, 0.5) is 0 Å². The Kier molecular flexibility index (Phi) is 4.38. The lowest BCUT2D eigenvalue weighted by Gasteiger charge is -2.15. The molecule has 2 aromatic heterocycles. The molecule has 0 saturated carbocycles. The first-order valence-corrected chi connectivity index (χ1v) is 11.9. The molecule has 134 valence electrons. The lowest BCUT2D eigenvalue weighted by atomic mass is 9.97. The molecular formula is C20H20N2OS3. The van der Waals surface area contributed by atoms with E-state index in [-0.39, 0.29) is 5.56 Å². The van der Waals surface area contributed by atoms with Crippen molar-refractivity contribution in [2.75, 3.05) is 11.5 Å². The van der Waals surface area contributed by atoms with Gasteiger partial charge >= 0.3 is 0 Å². The van der Waals surface area contributed by atoms with Crippen LogP contribution < -0.4 is 5.56 Å². The van der Waals surface area contributed by atoms with Crippen molar-refractivity contribution in [1.29, 1.82) is 0 Å². The number of thiophene rings is 1. The molecule has 1 aromatic carbocycles. The van der Waals surface area contributed by atoms with Crippen molar-refractivity contribution < 1.29 is 0 Å². The van der Waals surface area contributed by atoms with Gasteiger partial charge in [0.05, 0.1) is 11.4 Å². The zero-order chi connectivity index (χ0) is 17.7. The van der Waals surface area contributed by atoms with Crippen molar-refractivity contribution in [2.45, 2.75) is 48.7 Å². The fourth-order valence-corrected chi connectivity index (χ4v) is 7.62. The number of aryl methyl sites for hydroxylation is 3. The van der Waals surface area contributed by atoms with Crippen LogP contribution in [-0.2, 0) is 12.8 Å². The minimum absolute atomic E-state index is 0.00927. The molecule has 5 rings (SSSR count). The van der Waals surface area contributed by atoms with Crippen LogP contribution in [0.2, 0.25) is 0 Å². The van der Waals surface area contributed by atoms with Gasteiger partial charge < -0.3 is 4.57 Å². The molecule has 0 unspecified atom stereocenters. The van der Waals surface area contributed by atoms with Crippen LogP contribution in [-0.4, -0.2) is 21.1 Å². The maximum absolute atomic E-state index is 12.7. The minimum Gasteiger partial charge on any atom is -0.307 e. The Morgan fingerprint density at radius 2 is 2.04 bits per heavy atom. The van der Waals surface area contributed by atoms with E-state index in [0.29, 0.717) is 6.04 Å². The molecule has 26 heavy (non-hydrogen) atoms. The van der Waals surface area contributed by atoms with Gasteiger partial charge in [-0.25, -0.2) is 0 Å². The molecular weight excluding hydrogens is 380 g/mol. The first kappa shape index (κ1) is 16.9. The average molecular weight is 401 g/mol. The Morgan fingerprint density at radius 3 is 2.88 bits per heavy atom. The van der Waals surface area contributed by atoms with Crippen LogP contribution in [0, 0.1) is 6.92 Å². The summed E-state index contributed by atoms with van der Waals surface area (Å²) in [7, 11) is 0. The summed E-state index contributed by atoms with van der Waals surface area (Å²) in [6.45, 7) is 2.12. The highest BCUT2D eigenvalue weighted by Gasteiger charge is 2.29. The Morgan fingerprint density at radius 1 is 1.23 bits per heavy atom. The maximum Gasteiger partial charge on any atom is 0.282 e. The van der Waals surface area contributed by atoms with Gasteiger partial charge in [0, 0.05) is 21.3 Å². The number of fused-ring (bicyclic) bond motifs is 5. The summed E-state index contributed by atoms with van der Waals surface area (Å²) < 4.78 is 2.37. The summed E-state index contributed by atoms with van der Waals surface area (Å²) in [4.78, 5) is 21.0. The molecule has 1 aliphatic heterocycles. The minimum atomic E-state index is -0.00927. The van der Waals surface area contributed by atoms with Crippen LogP contribution in [0.3, 0.4) is 0 Å². The zero-order valence-electron chi connectivity index (χ0n) is 14.7. The van der Waals surface area contributed by atoms with Gasteiger partial charge in [0.25, 0.3) is 5.56 Å². The summed E-state index contributed by atoms with van der Waals surface area (Å²) in [5.74, 6) is 2.03. The molecule has 0 radical (unpaired) electrons. The third kappa shape index (κ3) is 2.83. The monoisotopic (exact) mass is 400 g/mol.